The molecule has 0 unspecified atom stereocenters. The minimum atomic E-state index is -4.38. The lowest BCUT2D eigenvalue weighted by atomic mass is 10.2. The number of carbonyl (C=O) groups is 1. The van der Waals surface area contributed by atoms with Gasteiger partial charge >= 0.3 is 6.18 Å². The minimum absolute atomic E-state index is 0.000294. The highest BCUT2D eigenvalue weighted by atomic mass is 35.5. The summed E-state index contributed by atoms with van der Waals surface area (Å²) in [6, 6.07) is 8.29. The van der Waals surface area contributed by atoms with Crippen molar-refractivity contribution in [1.29, 1.82) is 0 Å². The number of ether oxygens (including phenoxy) is 1. The third-order valence-corrected chi connectivity index (χ3v) is 6.21. The molecule has 1 aliphatic rings. The Morgan fingerprint density at radius 1 is 1.41 bits per heavy atom. The van der Waals surface area contributed by atoms with Crippen molar-refractivity contribution in [3.63, 3.8) is 0 Å². The van der Waals surface area contributed by atoms with Crippen LogP contribution >= 0.6 is 22.9 Å². The van der Waals surface area contributed by atoms with Gasteiger partial charge in [0.25, 0.3) is 0 Å². The van der Waals surface area contributed by atoms with E-state index in [0.717, 1.165) is 27.6 Å². The first-order chi connectivity index (χ1) is 13.7. The summed E-state index contributed by atoms with van der Waals surface area (Å²) in [7, 11) is 0. The highest BCUT2D eigenvalue weighted by Gasteiger charge is 2.46. The van der Waals surface area contributed by atoms with Crippen molar-refractivity contribution in [3.05, 3.63) is 46.1 Å². The number of hydrogen-bond acceptors (Lipinski definition) is 4. The molecule has 10 heteroatoms. The van der Waals surface area contributed by atoms with Crippen LogP contribution in [0.5, 0.6) is 5.06 Å². The van der Waals surface area contributed by atoms with E-state index in [1.54, 1.807) is 19.1 Å². The van der Waals surface area contributed by atoms with E-state index < -0.39 is 12.8 Å². The number of imidazole rings is 1. The summed E-state index contributed by atoms with van der Waals surface area (Å²) in [6.07, 6.45) is -3.70. The average molecular weight is 444 g/mol. The van der Waals surface area contributed by atoms with Crippen LogP contribution in [0.1, 0.15) is 36.0 Å². The number of halogens is 4. The molecule has 5 nitrogen and oxygen atoms in total. The summed E-state index contributed by atoms with van der Waals surface area (Å²) in [5, 5.41) is 3.64. The summed E-state index contributed by atoms with van der Waals surface area (Å²) in [4.78, 5) is 21.0. The summed E-state index contributed by atoms with van der Waals surface area (Å²) in [5.41, 5.74) is 1.52. The Kier molecular flexibility index (Phi) is 5.20. The maximum atomic E-state index is 12.6. The molecule has 0 saturated heterocycles. The zero-order valence-corrected chi connectivity index (χ0v) is 16.8. The number of hydrogen-bond donors (Lipinski definition) is 2. The van der Waals surface area contributed by atoms with E-state index in [0.29, 0.717) is 17.0 Å². The largest absolute Gasteiger partial charge is 0.475 e. The van der Waals surface area contributed by atoms with E-state index in [1.807, 2.05) is 12.1 Å². The van der Waals surface area contributed by atoms with Gasteiger partial charge in [0.05, 0.1) is 16.6 Å². The molecule has 1 aliphatic carbocycles. The number of fused-ring (bicyclic) bond motifs is 1. The van der Waals surface area contributed by atoms with Crippen LogP contribution in [0, 0.1) is 5.92 Å². The van der Waals surface area contributed by atoms with E-state index >= 15 is 0 Å². The Morgan fingerprint density at radius 2 is 2.21 bits per heavy atom. The van der Waals surface area contributed by atoms with Crippen molar-refractivity contribution in [2.75, 3.05) is 6.61 Å². The number of aromatic amines is 1. The standard InChI is InChI=1S/C19H17ClF3N3O2S/c1-9(14-5-6-15(29-14)28-8-19(21,22)23)24-18(27)11-7-10(11)17-25-13-4-2-3-12(20)16(13)26-17/h2-6,9-11H,7-8H2,1H3,(H,24,27)(H,25,26)/t9-,10-,11-/m1/s1. The molecule has 3 aromatic rings. The number of H-pyrrole nitrogens is 1. The summed E-state index contributed by atoms with van der Waals surface area (Å²) < 4.78 is 41.5. The van der Waals surface area contributed by atoms with E-state index in [-0.39, 0.29) is 28.8 Å². The third-order valence-electron chi connectivity index (χ3n) is 4.73. The van der Waals surface area contributed by atoms with Crippen LogP contribution in [-0.2, 0) is 4.79 Å². The number of nitrogens with zero attached hydrogens (tertiary/aromatic N) is 1. The number of amides is 1. The SMILES string of the molecule is C[C@@H](NC(=O)[C@@H]1C[C@H]1c1nc2c(Cl)cccc2[nH]1)c1ccc(OCC(F)(F)F)s1. The number of benzene rings is 1. The van der Waals surface area contributed by atoms with Gasteiger partial charge in [-0.05, 0) is 37.6 Å². The maximum absolute atomic E-state index is 12.6. The first-order valence-electron chi connectivity index (χ1n) is 8.95. The second-order valence-electron chi connectivity index (χ2n) is 7.00. The van der Waals surface area contributed by atoms with Crippen LogP contribution in [0.15, 0.2) is 30.3 Å². The number of aromatic nitrogens is 2. The lowest BCUT2D eigenvalue weighted by molar-refractivity contribution is -0.152. The molecular weight excluding hydrogens is 427 g/mol. The molecule has 3 atom stereocenters. The number of rotatable bonds is 6. The first kappa shape index (κ1) is 20.0. The van der Waals surface area contributed by atoms with Gasteiger partial charge in [-0.15, -0.1) is 11.3 Å². The Hall–Kier alpha value is -2.26. The minimum Gasteiger partial charge on any atom is -0.475 e. The molecule has 154 valence electrons. The van der Waals surface area contributed by atoms with Crippen LogP contribution in [0.3, 0.4) is 0 Å². The molecule has 2 N–H and O–H groups in total. The van der Waals surface area contributed by atoms with Crippen LogP contribution in [0.4, 0.5) is 13.2 Å². The molecule has 4 rings (SSSR count). The first-order valence-corrected chi connectivity index (χ1v) is 10.1. The Balaban J connectivity index is 1.35. The van der Waals surface area contributed by atoms with Gasteiger partial charge in [-0.25, -0.2) is 4.98 Å². The predicted molar refractivity (Wildman–Crippen MR) is 104 cm³/mol. The van der Waals surface area contributed by atoms with Gasteiger partial charge in [-0.1, -0.05) is 17.7 Å². The summed E-state index contributed by atoms with van der Waals surface area (Å²) >= 11 is 7.23. The molecule has 0 aliphatic heterocycles. The van der Waals surface area contributed by atoms with E-state index in [2.05, 4.69) is 15.3 Å². The molecule has 29 heavy (non-hydrogen) atoms. The monoisotopic (exact) mass is 443 g/mol. The molecule has 1 fully saturated rings. The lowest BCUT2D eigenvalue weighted by Gasteiger charge is -2.12. The van der Waals surface area contributed by atoms with Gasteiger partial charge in [0.2, 0.25) is 5.91 Å². The fourth-order valence-electron chi connectivity index (χ4n) is 3.17. The van der Waals surface area contributed by atoms with Gasteiger partial charge in [-0.2, -0.15) is 13.2 Å². The van der Waals surface area contributed by atoms with E-state index in [1.165, 1.54) is 6.07 Å². The summed E-state index contributed by atoms with van der Waals surface area (Å²) in [5.74, 6) is 0.428. The number of nitrogens with one attached hydrogen (secondary N) is 2. The van der Waals surface area contributed by atoms with Crippen molar-refractivity contribution in [3.8, 4) is 5.06 Å². The molecular formula is C19H17ClF3N3O2S. The number of thiophene rings is 1. The van der Waals surface area contributed by atoms with Gasteiger partial charge in [0, 0.05) is 16.7 Å². The second-order valence-corrected chi connectivity index (χ2v) is 8.48. The van der Waals surface area contributed by atoms with Crippen molar-refractivity contribution in [1.82, 2.24) is 15.3 Å². The Morgan fingerprint density at radius 3 is 2.93 bits per heavy atom. The van der Waals surface area contributed by atoms with Crippen LogP contribution in [-0.4, -0.2) is 28.7 Å². The van der Waals surface area contributed by atoms with E-state index in [4.69, 9.17) is 16.3 Å². The molecule has 2 heterocycles. The summed E-state index contributed by atoms with van der Waals surface area (Å²) in [6.45, 7) is 0.453. The Bertz CT molecular complexity index is 1050. The van der Waals surface area contributed by atoms with Crippen molar-refractivity contribution < 1.29 is 22.7 Å². The van der Waals surface area contributed by atoms with Crippen molar-refractivity contribution >= 4 is 39.9 Å². The fraction of sp³-hybridized carbons (Fsp3) is 0.368. The van der Waals surface area contributed by atoms with Gasteiger partial charge in [0.1, 0.15) is 11.3 Å². The number of para-hydroxylation sites is 1. The van der Waals surface area contributed by atoms with Gasteiger partial charge in [-0.3, -0.25) is 4.79 Å². The highest BCUT2D eigenvalue weighted by molar-refractivity contribution is 7.13. The zero-order valence-electron chi connectivity index (χ0n) is 15.2. The smallest absolute Gasteiger partial charge is 0.422 e. The predicted octanol–water partition coefficient (Wildman–Crippen LogP) is 5.20. The second kappa shape index (κ2) is 7.53. The van der Waals surface area contributed by atoms with Crippen molar-refractivity contribution in [2.45, 2.75) is 31.5 Å². The molecule has 1 amide bonds. The third kappa shape index (κ3) is 4.51. The topological polar surface area (TPSA) is 67.0 Å². The lowest BCUT2D eigenvalue weighted by Crippen LogP contribution is -2.28. The maximum Gasteiger partial charge on any atom is 0.422 e. The molecule has 0 radical (unpaired) electrons. The van der Waals surface area contributed by atoms with E-state index in [9.17, 15) is 18.0 Å². The number of alkyl halides is 3. The molecule has 1 aromatic carbocycles. The van der Waals surface area contributed by atoms with Crippen LogP contribution in [0.25, 0.3) is 11.0 Å². The average Bonchev–Trinajstić information content (AvgIpc) is 3.10. The normalized spacial score (nSPS) is 19.9. The van der Waals surface area contributed by atoms with Crippen LogP contribution < -0.4 is 10.1 Å². The zero-order chi connectivity index (χ0) is 20.8. The molecule has 2 aromatic heterocycles. The Labute approximate surface area is 173 Å². The van der Waals surface area contributed by atoms with Gasteiger partial charge < -0.3 is 15.0 Å². The van der Waals surface area contributed by atoms with Crippen molar-refractivity contribution in [2.24, 2.45) is 5.92 Å². The molecule has 0 spiro atoms. The van der Waals surface area contributed by atoms with Crippen LogP contribution in [0.2, 0.25) is 5.02 Å². The molecule has 1 saturated carbocycles. The quantitative estimate of drug-likeness (QED) is 0.550. The molecule has 0 bridgehead atoms. The highest BCUT2D eigenvalue weighted by Crippen LogP contribution is 2.47. The fourth-order valence-corrected chi connectivity index (χ4v) is 4.24. The van der Waals surface area contributed by atoms with Gasteiger partial charge in [0.15, 0.2) is 11.7 Å². The number of carbonyl (C=O) groups excluding carboxylic acids is 1.